The van der Waals surface area contributed by atoms with Crippen molar-refractivity contribution < 1.29 is 18.3 Å². The highest BCUT2D eigenvalue weighted by molar-refractivity contribution is 8.01. The maximum atomic E-state index is 13.4. The number of hydrogen-bond acceptors (Lipinski definition) is 4. The van der Waals surface area contributed by atoms with Crippen molar-refractivity contribution in [2.24, 2.45) is 10.8 Å². The molecule has 2 aliphatic carbocycles. The molecule has 1 spiro atoms. The molecule has 0 unspecified atom stereocenters. The van der Waals surface area contributed by atoms with Crippen LogP contribution in [0.4, 0.5) is 13.2 Å². The molecule has 3 aromatic rings. The molecule has 192 valence electrons. The van der Waals surface area contributed by atoms with E-state index in [-0.39, 0.29) is 33.2 Å². The SMILES string of the molecule is CSc1cc2c(O)cc3c(c2cc1SC)-c1ccc(SC(F)(F)F)cc1C31CC(C)(C)CC(C)(C)C1. The summed E-state index contributed by atoms with van der Waals surface area (Å²) >= 11 is 3.28. The average molecular weight is 549 g/mol. The molecule has 1 N–H and O–H groups in total. The summed E-state index contributed by atoms with van der Waals surface area (Å²) in [6.07, 6.45) is 6.77. The third kappa shape index (κ3) is 4.33. The van der Waals surface area contributed by atoms with E-state index in [9.17, 15) is 18.3 Å². The normalized spacial score (nSPS) is 19.5. The molecule has 2 aliphatic rings. The summed E-state index contributed by atoms with van der Waals surface area (Å²) in [5.41, 5.74) is -0.722. The molecule has 3 aromatic carbocycles. The molecule has 0 radical (unpaired) electrons. The van der Waals surface area contributed by atoms with E-state index in [2.05, 4.69) is 39.8 Å². The number of rotatable bonds is 3. The van der Waals surface area contributed by atoms with Gasteiger partial charge in [-0.15, -0.1) is 23.5 Å². The van der Waals surface area contributed by atoms with Crippen LogP contribution in [0.1, 0.15) is 58.1 Å². The quantitative estimate of drug-likeness (QED) is 0.328. The highest BCUT2D eigenvalue weighted by Gasteiger charge is 2.54. The molecule has 5 rings (SSSR count). The van der Waals surface area contributed by atoms with Crippen LogP contribution in [0.25, 0.3) is 21.9 Å². The molecular weight excluding hydrogens is 518 g/mol. The molecule has 1 nitrogen and oxygen atoms in total. The molecule has 0 aromatic heterocycles. The Bertz CT molecular complexity index is 1360. The summed E-state index contributed by atoms with van der Waals surface area (Å²) < 4.78 is 40.1. The minimum Gasteiger partial charge on any atom is -0.507 e. The van der Waals surface area contributed by atoms with Crippen LogP contribution in [-0.2, 0) is 5.41 Å². The van der Waals surface area contributed by atoms with E-state index in [0.717, 1.165) is 62.1 Å². The lowest BCUT2D eigenvalue weighted by Crippen LogP contribution is -2.43. The van der Waals surface area contributed by atoms with Crippen LogP contribution in [0, 0.1) is 10.8 Å². The van der Waals surface area contributed by atoms with Gasteiger partial charge in [-0.3, -0.25) is 0 Å². The van der Waals surface area contributed by atoms with Crippen molar-refractivity contribution in [3.8, 4) is 16.9 Å². The summed E-state index contributed by atoms with van der Waals surface area (Å²) in [5.74, 6) is 0.241. The van der Waals surface area contributed by atoms with Crippen LogP contribution in [0.2, 0.25) is 0 Å². The van der Waals surface area contributed by atoms with Gasteiger partial charge in [-0.25, -0.2) is 0 Å². The van der Waals surface area contributed by atoms with Crippen LogP contribution >= 0.6 is 35.3 Å². The second-order valence-corrected chi connectivity index (χ2v) is 14.6. The Labute approximate surface area is 224 Å². The molecule has 7 heteroatoms. The highest BCUT2D eigenvalue weighted by Crippen LogP contribution is 2.65. The summed E-state index contributed by atoms with van der Waals surface area (Å²) in [6, 6.07) is 11.4. The van der Waals surface area contributed by atoms with Crippen LogP contribution in [-0.4, -0.2) is 23.1 Å². The van der Waals surface area contributed by atoms with Crippen molar-refractivity contribution in [3.63, 3.8) is 0 Å². The second-order valence-electron chi connectivity index (χ2n) is 11.8. The van der Waals surface area contributed by atoms with Gasteiger partial charge in [-0.2, -0.15) is 13.2 Å². The number of halogens is 3. The molecule has 1 fully saturated rings. The standard InChI is InChI=1S/C29H31F3OS3/c1-26(2)13-27(3,4)15-28(14-26)20-9-16(36-29(30,31)32)7-8-17(20)25-19-11-24(35-6)23(34-5)10-18(19)22(33)12-21(25)28/h7-12,33H,13-15H2,1-6H3. The Balaban J connectivity index is 1.87. The first-order valence-corrected chi connectivity index (χ1v) is 15.3. The van der Waals surface area contributed by atoms with E-state index in [1.54, 1.807) is 35.7 Å². The summed E-state index contributed by atoms with van der Waals surface area (Å²) in [5, 5.41) is 13.1. The monoisotopic (exact) mass is 548 g/mol. The first kappa shape index (κ1) is 26.2. The maximum absolute atomic E-state index is 13.4. The van der Waals surface area contributed by atoms with Crippen LogP contribution in [0.5, 0.6) is 5.75 Å². The van der Waals surface area contributed by atoms with Crippen molar-refractivity contribution in [1.82, 2.24) is 0 Å². The lowest BCUT2D eigenvalue weighted by atomic mass is 9.52. The smallest absolute Gasteiger partial charge is 0.446 e. The molecule has 36 heavy (non-hydrogen) atoms. The minimum absolute atomic E-state index is 0.00841. The lowest BCUT2D eigenvalue weighted by Gasteiger charge is -2.51. The third-order valence-corrected chi connectivity index (χ3v) is 10.1. The van der Waals surface area contributed by atoms with Crippen molar-refractivity contribution in [3.05, 3.63) is 47.5 Å². The number of phenolic OH excluding ortho intramolecular Hbond substituents is 1. The van der Waals surface area contributed by atoms with Crippen molar-refractivity contribution >= 4 is 46.1 Å². The summed E-state index contributed by atoms with van der Waals surface area (Å²) in [7, 11) is 0. The molecule has 0 heterocycles. The third-order valence-electron chi connectivity index (χ3n) is 7.66. The lowest BCUT2D eigenvalue weighted by molar-refractivity contribution is -0.0328. The predicted octanol–water partition coefficient (Wildman–Crippen LogP) is 10.1. The predicted molar refractivity (Wildman–Crippen MR) is 149 cm³/mol. The first-order chi connectivity index (χ1) is 16.7. The zero-order valence-electron chi connectivity index (χ0n) is 21.4. The topological polar surface area (TPSA) is 20.2 Å². The van der Waals surface area contributed by atoms with Gasteiger partial charge in [0, 0.05) is 25.5 Å². The van der Waals surface area contributed by atoms with Crippen LogP contribution in [0.3, 0.4) is 0 Å². The molecule has 0 saturated heterocycles. The minimum atomic E-state index is -4.34. The molecule has 0 amide bonds. The van der Waals surface area contributed by atoms with Gasteiger partial charge in [-0.1, -0.05) is 33.8 Å². The summed E-state index contributed by atoms with van der Waals surface area (Å²) in [6.45, 7) is 9.05. The van der Waals surface area contributed by atoms with E-state index < -0.39 is 10.9 Å². The number of aromatic hydroxyl groups is 1. The Morgan fingerprint density at radius 3 is 1.92 bits per heavy atom. The fourth-order valence-electron chi connectivity index (χ4n) is 7.37. The molecular formula is C29H31F3OS3. The van der Waals surface area contributed by atoms with E-state index in [1.807, 2.05) is 24.6 Å². The van der Waals surface area contributed by atoms with Gasteiger partial charge in [0.15, 0.2) is 0 Å². The molecule has 0 aliphatic heterocycles. The Kier molecular flexibility index (Phi) is 6.21. The zero-order chi connectivity index (χ0) is 26.3. The van der Waals surface area contributed by atoms with Gasteiger partial charge in [0.25, 0.3) is 0 Å². The number of fused-ring (bicyclic) bond motifs is 7. The Morgan fingerprint density at radius 2 is 1.36 bits per heavy atom. The average Bonchev–Trinajstić information content (AvgIpc) is 2.97. The van der Waals surface area contributed by atoms with Gasteiger partial charge in [0.1, 0.15) is 5.75 Å². The van der Waals surface area contributed by atoms with Gasteiger partial charge in [-0.05, 0) is 112 Å². The number of alkyl halides is 3. The second kappa shape index (κ2) is 8.54. The van der Waals surface area contributed by atoms with Gasteiger partial charge in [0.2, 0.25) is 0 Å². The number of phenols is 1. The largest absolute Gasteiger partial charge is 0.507 e. The van der Waals surface area contributed by atoms with Crippen LogP contribution in [0.15, 0.2) is 51.1 Å². The van der Waals surface area contributed by atoms with Crippen LogP contribution < -0.4 is 0 Å². The van der Waals surface area contributed by atoms with Crippen molar-refractivity contribution in [2.45, 2.75) is 72.6 Å². The number of benzene rings is 3. The molecule has 0 bridgehead atoms. The Hall–Kier alpha value is -1.44. The first-order valence-electron chi connectivity index (χ1n) is 12.0. The van der Waals surface area contributed by atoms with E-state index in [4.69, 9.17) is 0 Å². The maximum Gasteiger partial charge on any atom is 0.446 e. The fourth-order valence-corrected chi connectivity index (χ4v) is 9.45. The number of hydrogen-bond donors (Lipinski definition) is 1. The zero-order valence-corrected chi connectivity index (χ0v) is 23.8. The van der Waals surface area contributed by atoms with Crippen molar-refractivity contribution in [1.29, 1.82) is 0 Å². The Morgan fingerprint density at radius 1 is 0.778 bits per heavy atom. The van der Waals surface area contributed by atoms with Gasteiger partial charge in [0.05, 0.1) is 0 Å². The van der Waals surface area contributed by atoms with Crippen molar-refractivity contribution in [2.75, 3.05) is 12.5 Å². The fraction of sp³-hybridized carbons (Fsp3) is 0.448. The number of thioether (sulfide) groups is 3. The van der Waals surface area contributed by atoms with E-state index in [1.165, 1.54) is 0 Å². The highest BCUT2D eigenvalue weighted by atomic mass is 32.2. The van der Waals surface area contributed by atoms with E-state index >= 15 is 0 Å². The summed E-state index contributed by atoms with van der Waals surface area (Å²) in [4.78, 5) is 2.46. The van der Waals surface area contributed by atoms with E-state index in [0.29, 0.717) is 0 Å². The molecule has 1 saturated carbocycles. The van der Waals surface area contributed by atoms with Gasteiger partial charge >= 0.3 is 5.51 Å². The molecule has 0 atom stereocenters. The van der Waals surface area contributed by atoms with Gasteiger partial charge < -0.3 is 5.11 Å².